The fourth-order valence-corrected chi connectivity index (χ4v) is 3.55. The molecule has 0 aliphatic carbocycles. The highest BCUT2D eigenvalue weighted by molar-refractivity contribution is 6.42. The molecule has 0 saturated carbocycles. The van der Waals surface area contributed by atoms with Crippen LogP contribution in [-0.4, -0.2) is 35.9 Å². The van der Waals surface area contributed by atoms with Crippen molar-refractivity contribution in [2.75, 3.05) is 13.2 Å². The quantitative estimate of drug-likeness (QED) is 0.442. The first-order valence-electron chi connectivity index (χ1n) is 10.5. The Morgan fingerprint density at radius 1 is 1.03 bits per heavy atom. The first kappa shape index (κ1) is 26.3. The van der Waals surface area contributed by atoms with Crippen LogP contribution in [0.2, 0.25) is 15.1 Å². The van der Waals surface area contributed by atoms with Crippen molar-refractivity contribution in [1.82, 2.24) is 10.2 Å². The van der Waals surface area contributed by atoms with Gasteiger partial charge in [0, 0.05) is 18.1 Å². The van der Waals surface area contributed by atoms with E-state index < -0.39 is 6.04 Å². The zero-order valence-electron chi connectivity index (χ0n) is 18.8. The minimum absolute atomic E-state index is 0.197. The Hall–Kier alpha value is -1.95. The van der Waals surface area contributed by atoms with Gasteiger partial charge in [0.05, 0.1) is 10.0 Å². The summed E-state index contributed by atoms with van der Waals surface area (Å²) in [6.45, 7) is 8.29. The molecule has 0 radical (unpaired) electrons. The van der Waals surface area contributed by atoms with E-state index in [9.17, 15) is 9.59 Å². The molecule has 0 unspecified atom stereocenters. The molecule has 2 rings (SSSR count). The lowest BCUT2D eigenvalue weighted by molar-refractivity contribution is -0.143. The summed E-state index contributed by atoms with van der Waals surface area (Å²) in [5.41, 5.74) is 1.62. The van der Waals surface area contributed by atoms with Crippen molar-refractivity contribution in [3.63, 3.8) is 0 Å². The third-order valence-corrected chi connectivity index (χ3v) is 6.06. The highest BCUT2D eigenvalue weighted by Gasteiger charge is 2.29. The molecule has 2 amide bonds. The van der Waals surface area contributed by atoms with Gasteiger partial charge in [-0.3, -0.25) is 9.59 Å². The van der Waals surface area contributed by atoms with Gasteiger partial charge in [-0.1, -0.05) is 61.6 Å². The van der Waals surface area contributed by atoms with Crippen LogP contribution in [0.4, 0.5) is 0 Å². The molecule has 0 fully saturated rings. The lowest BCUT2D eigenvalue weighted by Crippen LogP contribution is -2.50. The van der Waals surface area contributed by atoms with Crippen molar-refractivity contribution in [2.45, 2.75) is 46.7 Å². The predicted molar refractivity (Wildman–Crippen MR) is 131 cm³/mol. The van der Waals surface area contributed by atoms with Gasteiger partial charge in [0.15, 0.2) is 6.61 Å². The second-order valence-electron chi connectivity index (χ2n) is 8.03. The van der Waals surface area contributed by atoms with Crippen molar-refractivity contribution in [3.05, 3.63) is 62.6 Å². The molecular weight excluding hydrogens is 471 g/mol. The summed E-state index contributed by atoms with van der Waals surface area (Å²) in [5.74, 6) is 0.325. The smallest absolute Gasteiger partial charge is 0.261 e. The summed E-state index contributed by atoms with van der Waals surface area (Å²) >= 11 is 18.2. The van der Waals surface area contributed by atoms with Crippen LogP contribution in [0.1, 0.15) is 38.3 Å². The zero-order chi connectivity index (χ0) is 23.8. The van der Waals surface area contributed by atoms with E-state index >= 15 is 0 Å². The van der Waals surface area contributed by atoms with E-state index in [0.717, 1.165) is 11.1 Å². The van der Waals surface area contributed by atoms with Gasteiger partial charge in [-0.25, -0.2) is 0 Å². The number of ether oxygens (including phenoxy) is 1. The van der Waals surface area contributed by atoms with Gasteiger partial charge in [0.2, 0.25) is 5.91 Å². The number of benzene rings is 2. The lowest BCUT2D eigenvalue weighted by Gasteiger charge is -2.31. The maximum atomic E-state index is 13.2. The van der Waals surface area contributed by atoms with Crippen LogP contribution in [0.5, 0.6) is 5.75 Å². The highest BCUT2D eigenvalue weighted by Crippen LogP contribution is 2.25. The third kappa shape index (κ3) is 7.58. The van der Waals surface area contributed by atoms with Crippen LogP contribution < -0.4 is 10.1 Å². The van der Waals surface area contributed by atoms with E-state index in [2.05, 4.69) is 5.32 Å². The average molecular weight is 500 g/mol. The van der Waals surface area contributed by atoms with E-state index in [1.54, 1.807) is 36.4 Å². The summed E-state index contributed by atoms with van der Waals surface area (Å²) in [5, 5.41) is 4.37. The summed E-state index contributed by atoms with van der Waals surface area (Å²) in [4.78, 5) is 27.6. The van der Waals surface area contributed by atoms with E-state index in [1.165, 1.54) is 4.90 Å². The van der Waals surface area contributed by atoms with Crippen molar-refractivity contribution >= 4 is 46.6 Å². The average Bonchev–Trinajstić information content (AvgIpc) is 2.75. The monoisotopic (exact) mass is 498 g/mol. The summed E-state index contributed by atoms with van der Waals surface area (Å²) in [6, 6.07) is 9.71. The molecule has 1 N–H and O–H groups in total. The molecule has 0 heterocycles. The fraction of sp³-hybridized carbons (Fsp3) is 0.417. The highest BCUT2D eigenvalue weighted by atomic mass is 35.5. The zero-order valence-corrected chi connectivity index (χ0v) is 21.0. The summed E-state index contributed by atoms with van der Waals surface area (Å²) < 4.78 is 5.71. The van der Waals surface area contributed by atoms with Gasteiger partial charge < -0.3 is 15.0 Å². The first-order chi connectivity index (χ1) is 15.1. The molecule has 2 aromatic rings. The van der Waals surface area contributed by atoms with Crippen molar-refractivity contribution in [3.8, 4) is 5.75 Å². The van der Waals surface area contributed by atoms with Gasteiger partial charge >= 0.3 is 0 Å². The number of carbonyl (C=O) groups excluding carboxylic acids is 2. The van der Waals surface area contributed by atoms with E-state index in [1.807, 2.05) is 27.7 Å². The minimum Gasteiger partial charge on any atom is -0.484 e. The maximum Gasteiger partial charge on any atom is 0.261 e. The first-order valence-corrected chi connectivity index (χ1v) is 11.7. The SMILES string of the molecule is CC[C@@H](C(=O)NCC(C)C)N(Cc1ccc(Cl)c(Cl)c1)C(=O)COc1ccc(Cl)c(C)c1. The number of carbonyl (C=O) groups is 2. The van der Waals surface area contributed by atoms with Gasteiger partial charge in [0.25, 0.3) is 5.91 Å². The number of amides is 2. The Morgan fingerprint density at radius 2 is 1.72 bits per heavy atom. The van der Waals surface area contributed by atoms with Gasteiger partial charge in [-0.2, -0.15) is 0 Å². The van der Waals surface area contributed by atoms with Crippen LogP contribution in [0.15, 0.2) is 36.4 Å². The largest absolute Gasteiger partial charge is 0.484 e. The van der Waals surface area contributed by atoms with Crippen LogP contribution in [0.25, 0.3) is 0 Å². The second-order valence-corrected chi connectivity index (χ2v) is 9.25. The standard InChI is InChI=1S/C24H29Cl3N2O3/c1-5-22(24(31)28-12-15(2)3)29(13-17-6-8-20(26)21(27)11-17)23(30)14-32-18-7-9-19(25)16(4)10-18/h6-11,15,22H,5,12-14H2,1-4H3,(H,28,31)/t22-/m0/s1. The number of hydrogen-bond acceptors (Lipinski definition) is 3. The van der Waals surface area contributed by atoms with Crippen LogP contribution >= 0.6 is 34.8 Å². The molecule has 1 atom stereocenters. The molecule has 0 bridgehead atoms. The maximum absolute atomic E-state index is 13.2. The number of aryl methyl sites for hydroxylation is 1. The number of nitrogens with one attached hydrogen (secondary N) is 1. The topological polar surface area (TPSA) is 58.6 Å². The molecule has 174 valence electrons. The fourth-order valence-electron chi connectivity index (χ4n) is 3.11. The molecule has 8 heteroatoms. The van der Waals surface area contributed by atoms with E-state index in [0.29, 0.717) is 39.7 Å². The lowest BCUT2D eigenvalue weighted by atomic mass is 10.1. The molecule has 0 aliphatic rings. The number of rotatable bonds is 10. The Kier molecular flexibility index (Phi) is 10.1. The normalized spacial score (nSPS) is 11.9. The van der Waals surface area contributed by atoms with Gasteiger partial charge in [-0.15, -0.1) is 0 Å². The Balaban J connectivity index is 2.23. The van der Waals surface area contributed by atoms with Crippen LogP contribution in [0.3, 0.4) is 0 Å². The summed E-state index contributed by atoms with van der Waals surface area (Å²) in [7, 11) is 0. The molecule has 0 aromatic heterocycles. The van der Waals surface area contributed by atoms with Crippen LogP contribution in [-0.2, 0) is 16.1 Å². The van der Waals surface area contributed by atoms with Crippen LogP contribution in [0, 0.1) is 12.8 Å². The Labute approximate surface area is 205 Å². The molecule has 5 nitrogen and oxygen atoms in total. The predicted octanol–water partition coefficient (Wildman–Crippen LogP) is 5.91. The third-order valence-electron chi connectivity index (χ3n) is 4.90. The Bertz CT molecular complexity index is 950. The molecule has 0 aliphatic heterocycles. The van der Waals surface area contributed by atoms with E-state index in [4.69, 9.17) is 39.5 Å². The van der Waals surface area contributed by atoms with Crippen molar-refractivity contribution < 1.29 is 14.3 Å². The number of hydrogen-bond donors (Lipinski definition) is 1. The van der Waals surface area contributed by atoms with Crippen molar-refractivity contribution in [1.29, 1.82) is 0 Å². The van der Waals surface area contributed by atoms with Gasteiger partial charge in [-0.05, 0) is 60.7 Å². The number of halogens is 3. The van der Waals surface area contributed by atoms with E-state index in [-0.39, 0.29) is 25.0 Å². The van der Waals surface area contributed by atoms with Crippen molar-refractivity contribution in [2.24, 2.45) is 5.92 Å². The molecular formula is C24H29Cl3N2O3. The molecule has 2 aromatic carbocycles. The van der Waals surface area contributed by atoms with Gasteiger partial charge in [0.1, 0.15) is 11.8 Å². The minimum atomic E-state index is -0.647. The summed E-state index contributed by atoms with van der Waals surface area (Å²) in [6.07, 6.45) is 0.455. The number of nitrogens with zero attached hydrogens (tertiary/aromatic N) is 1. The molecule has 0 saturated heterocycles. The molecule has 32 heavy (non-hydrogen) atoms. The molecule has 0 spiro atoms. The second kappa shape index (κ2) is 12.3. The Morgan fingerprint density at radius 3 is 2.31 bits per heavy atom.